The molecule has 2 heterocycles. The van der Waals surface area contributed by atoms with Crippen molar-refractivity contribution in [1.29, 1.82) is 0 Å². The molecule has 0 radical (unpaired) electrons. The maximum absolute atomic E-state index is 13.8. The van der Waals surface area contributed by atoms with Crippen LogP contribution in [-0.2, 0) is 19.3 Å². The topological polar surface area (TPSA) is 50.9 Å². The number of pyridine rings is 1. The highest BCUT2D eigenvalue weighted by atomic mass is 19.4. The van der Waals surface area contributed by atoms with Crippen molar-refractivity contribution in [2.24, 2.45) is 0 Å². The normalized spacial score (nSPS) is 11.9. The zero-order chi connectivity index (χ0) is 14.9. The number of alkyl halides is 3. The van der Waals surface area contributed by atoms with E-state index >= 15 is 0 Å². The third kappa shape index (κ3) is 2.64. The molecule has 0 atom stereocenters. The summed E-state index contributed by atoms with van der Waals surface area (Å²) in [7, 11) is 0. The van der Waals surface area contributed by atoms with Crippen LogP contribution in [0.2, 0.25) is 0 Å². The van der Waals surface area contributed by atoms with Gasteiger partial charge in [0.25, 0.3) is 0 Å². The number of aromatic nitrogens is 3. The van der Waals surface area contributed by atoms with E-state index in [4.69, 9.17) is 5.11 Å². The van der Waals surface area contributed by atoms with Crippen LogP contribution in [0, 0.1) is 5.82 Å². The lowest BCUT2D eigenvalue weighted by atomic mass is 10.2. The molecule has 2 aromatic heterocycles. The molecular formula is C12H11F4N3O. The maximum atomic E-state index is 13.8. The Morgan fingerprint density at radius 1 is 1.35 bits per heavy atom. The van der Waals surface area contributed by atoms with E-state index in [1.807, 2.05) is 0 Å². The highest BCUT2D eigenvalue weighted by Gasteiger charge is 2.35. The standard InChI is InChI=1S/C12H11F4N3O/c1-2-19-5-9(12(14,15)16)18-11(19)10-8(13)3-7(6-20)4-17-10/h3-5,20H,2,6H2,1H3. The fraction of sp³-hybridized carbons (Fsp3) is 0.333. The highest BCUT2D eigenvalue weighted by molar-refractivity contribution is 5.52. The van der Waals surface area contributed by atoms with Crippen LogP contribution in [-0.4, -0.2) is 19.6 Å². The smallest absolute Gasteiger partial charge is 0.392 e. The van der Waals surface area contributed by atoms with Crippen LogP contribution in [0.5, 0.6) is 0 Å². The second-order valence-corrected chi connectivity index (χ2v) is 4.07. The lowest BCUT2D eigenvalue weighted by Crippen LogP contribution is -2.05. The molecule has 0 unspecified atom stereocenters. The van der Waals surface area contributed by atoms with E-state index in [-0.39, 0.29) is 23.6 Å². The molecular weight excluding hydrogens is 278 g/mol. The van der Waals surface area contributed by atoms with Crippen molar-refractivity contribution in [2.45, 2.75) is 26.3 Å². The van der Waals surface area contributed by atoms with Crippen molar-refractivity contribution in [3.63, 3.8) is 0 Å². The second-order valence-electron chi connectivity index (χ2n) is 4.07. The van der Waals surface area contributed by atoms with E-state index in [1.165, 1.54) is 10.8 Å². The largest absolute Gasteiger partial charge is 0.434 e. The van der Waals surface area contributed by atoms with Gasteiger partial charge in [-0.1, -0.05) is 0 Å². The number of hydrogen-bond donors (Lipinski definition) is 1. The number of aliphatic hydroxyl groups is 1. The molecule has 0 aromatic carbocycles. The Hall–Kier alpha value is -1.96. The van der Waals surface area contributed by atoms with Gasteiger partial charge < -0.3 is 9.67 Å². The van der Waals surface area contributed by atoms with Gasteiger partial charge in [-0.25, -0.2) is 14.4 Å². The van der Waals surface area contributed by atoms with Gasteiger partial charge in [0.15, 0.2) is 17.3 Å². The van der Waals surface area contributed by atoms with Crippen molar-refractivity contribution in [3.05, 3.63) is 35.5 Å². The SMILES string of the molecule is CCn1cc(C(F)(F)F)nc1-c1ncc(CO)cc1F. The quantitative estimate of drug-likeness (QED) is 0.884. The highest BCUT2D eigenvalue weighted by Crippen LogP contribution is 2.31. The lowest BCUT2D eigenvalue weighted by Gasteiger charge is -2.05. The zero-order valence-electron chi connectivity index (χ0n) is 10.4. The summed E-state index contributed by atoms with van der Waals surface area (Å²) in [5.74, 6) is -1.02. The van der Waals surface area contributed by atoms with Crippen LogP contribution in [0.25, 0.3) is 11.5 Å². The first-order valence-electron chi connectivity index (χ1n) is 5.76. The third-order valence-corrected chi connectivity index (χ3v) is 2.70. The molecule has 0 aliphatic carbocycles. The molecule has 2 aromatic rings. The zero-order valence-corrected chi connectivity index (χ0v) is 10.4. The van der Waals surface area contributed by atoms with Crippen molar-refractivity contribution >= 4 is 0 Å². The summed E-state index contributed by atoms with van der Waals surface area (Å²) < 4.78 is 52.9. The van der Waals surface area contributed by atoms with Crippen LogP contribution in [0.1, 0.15) is 18.2 Å². The van der Waals surface area contributed by atoms with Gasteiger partial charge in [0.1, 0.15) is 5.69 Å². The van der Waals surface area contributed by atoms with Crippen LogP contribution in [0.15, 0.2) is 18.5 Å². The summed E-state index contributed by atoms with van der Waals surface area (Å²) in [6, 6.07) is 1.02. The summed E-state index contributed by atoms with van der Waals surface area (Å²) >= 11 is 0. The van der Waals surface area contributed by atoms with Gasteiger partial charge in [-0.05, 0) is 18.6 Å². The molecule has 0 saturated carbocycles. The Kier molecular flexibility index (Phi) is 3.76. The molecule has 4 nitrogen and oxygen atoms in total. The molecule has 1 N–H and O–H groups in total. The molecule has 0 amide bonds. The fourth-order valence-electron chi connectivity index (χ4n) is 1.71. The van der Waals surface area contributed by atoms with Crippen LogP contribution in [0.4, 0.5) is 17.6 Å². The van der Waals surface area contributed by atoms with Crippen molar-refractivity contribution in [2.75, 3.05) is 0 Å². The van der Waals surface area contributed by atoms with Gasteiger partial charge in [-0.2, -0.15) is 13.2 Å². The van der Waals surface area contributed by atoms with E-state index in [1.54, 1.807) is 6.92 Å². The van der Waals surface area contributed by atoms with Crippen LogP contribution in [0.3, 0.4) is 0 Å². The lowest BCUT2D eigenvalue weighted by molar-refractivity contribution is -0.140. The number of aryl methyl sites for hydroxylation is 1. The van der Waals surface area contributed by atoms with Gasteiger partial charge in [0.05, 0.1) is 6.61 Å². The van der Waals surface area contributed by atoms with E-state index < -0.39 is 24.3 Å². The number of nitrogens with zero attached hydrogens (tertiary/aromatic N) is 3. The van der Waals surface area contributed by atoms with Gasteiger partial charge in [-0.3, -0.25) is 0 Å². The molecule has 0 aliphatic rings. The fourth-order valence-corrected chi connectivity index (χ4v) is 1.71. The number of halogens is 4. The summed E-state index contributed by atoms with van der Waals surface area (Å²) in [6.07, 6.45) is -2.59. The van der Waals surface area contributed by atoms with E-state index in [2.05, 4.69) is 9.97 Å². The van der Waals surface area contributed by atoms with Gasteiger partial charge in [0.2, 0.25) is 0 Å². The van der Waals surface area contributed by atoms with E-state index in [0.717, 1.165) is 12.3 Å². The summed E-state index contributed by atoms with van der Waals surface area (Å²) in [5.41, 5.74) is -1.14. The van der Waals surface area contributed by atoms with Crippen molar-refractivity contribution in [3.8, 4) is 11.5 Å². The molecule has 0 spiro atoms. The Morgan fingerprint density at radius 3 is 2.55 bits per heavy atom. The van der Waals surface area contributed by atoms with Crippen LogP contribution < -0.4 is 0 Å². The second kappa shape index (κ2) is 5.20. The summed E-state index contributed by atoms with van der Waals surface area (Å²) in [4.78, 5) is 7.15. The number of rotatable bonds is 3. The predicted molar refractivity (Wildman–Crippen MR) is 62.0 cm³/mol. The average molecular weight is 289 g/mol. The van der Waals surface area contributed by atoms with Gasteiger partial charge in [0, 0.05) is 18.9 Å². The molecule has 0 fully saturated rings. The average Bonchev–Trinajstić information content (AvgIpc) is 2.82. The Labute approximate surface area is 111 Å². The Balaban J connectivity index is 2.54. The number of aliphatic hydroxyl groups excluding tert-OH is 1. The maximum Gasteiger partial charge on any atom is 0.434 e. The summed E-state index contributed by atoms with van der Waals surface area (Å²) in [6.45, 7) is 1.41. The minimum Gasteiger partial charge on any atom is -0.392 e. The molecule has 0 bridgehead atoms. The Morgan fingerprint density at radius 2 is 2.05 bits per heavy atom. The Bertz CT molecular complexity index is 622. The van der Waals surface area contributed by atoms with E-state index in [9.17, 15) is 17.6 Å². The molecule has 20 heavy (non-hydrogen) atoms. The minimum absolute atomic E-state index is 0.193. The summed E-state index contributed by atoms with van der Waals surface area (Å²) in [5, 5.41) is 8.86. The van der Waals surface area contributed by atoms with Gasteiger partial charge >= 0.3 is 6.18 Å². The number of hydrogen-bond acceptors (Lipinski definition) is 3. The first-order chi connectivity index (χ1) is 9.36. The van der Waals surface area contributed by atoms with Crippen LogP contribution >= 0.6 is 0 Å². The van der Waals surface area contributed by atoms with Crippen molar-refractivity contribution in [1.82, 2.24) is 14.5 Å². The molecule has 0 aliphatic heterocycles. The number of imidazole rings is 1. The molecule has 8 heteroatoms. The third-order valence-electron chi connectivity index (χ3n) is 2.70. The minimum atomic E-state index is -4.60. The molecule has 108 valence electrons. The monoisotopic (exact) mass is 289 g/mol. The first kappa shape index (κ1) is 14.4. The predicted octanol–water partition coefficient (Wildman–Crippen LogP) is 2.62. The molecule has 0 saturated heterocycles. The first-order valence-corrected chi connectivity index (χ1v) is 5.76. The van der Waals surface area contributed by atoms with Gasteiger partial charge in [-0.15, -0.1) is 0 Å². The van der Waals surface area contributed by atoms with E-state index in [0.29, 0.717) is 0 Å². The van der Waals surface area contributed by atoms with Crippen molar-refractivity contribution < 1.29 is 22.7 Å². The molecule has 2 rings (SSSR count).